The zero-order valence-corrected chi connectivity index (χ0v) is 12.1. The zero-order valence-electron chi connectivity index (χ0n) is 12.1. The van der Waals surface area contributed by atoms with Gasteiger partial charge in [-0.3, -0.25) is 4.68 Å². The highest BCUT2D eigenvalue weighted by atomic mass is 19.1. The zero-order chi connectivity index (χ0) is 15.0. The smallest absolute Gasteiger partial charge is 0.398 e. The third-order valence-electron chi connectivity index (χ3n) is 3.67. The predicted octanol–water partition coefficient (Wildman–Crippen LogP) is 2.35. The van der Waals surface area contributed by atoms with Crippen molar-refractivity contribution in [3.63, 3.8) is 0 Å². The van der Waals surface area contributed by atoms with Gasteiger partial charge in [-0.1, -0.05) is 0 Å². The molecule has 0 aliphatic carbocycles. The summed E-state index contributed by atoms with van der Waals surface area (Å²) >= 11 is 0. The second kappa shape index (κ2) is 5.04. The van der Waals surface area contributed by atoms with Crippen LogP contribution in [-0.4, -0.2) is 28.1 Å². The highest BCUT2D eigenvalue weighted by Gasteiger charge is 2.53. The van der Waals surface area contributed by atoms with Crippen molar-refractivity contribution in [1.82, 2.24) is 9.78 Å². The van der Waals surface area contributed by atoms with E-state index in [1.54, 1.807) is 6.20 Å². The van der Waals surface area contributed by atoms with Crippen LogP contribution in [0.5, 0.6) is 0 Å². The topological polar surface area (TPSA) is 60.1 Å². The number of halogens is 1. The fraction of sp³-hybridized carbons (Fsp3) is 0.538. The lowest BCUT2D eigenvalue weighted by molar-refractivity contribution is 0.00578. The minimum Gasteiger partial charge on any atom is -0.398 e. The van der Waals surface area contributed by atoms with Crippen molar-refractivity contribution in [2.75, 3.05) is 0 Å². The molecule has 0 bridgehead atoms. The third-order valence-corrected chi connectivity index (χ3v) is 3.67. The lowest BCUT2D eigenvalue weighted by atomic mass is 9.87. The van der Waals surface area contributed by atoms with Crippen LogP contribution in [0.15, 0.2) is 18.1 Å². The summed E-state index contributed by atoms with van der Waals surface area (Å²) in [4.78, 5) is 0. The van der Waals surface area contributed by atoms with Crippen molar-refractivity contribution >= 4 is 13.2 Å². The molecule has 1 aliphatic rings. The normalized spacial score (nSPS) is 21.0. The van der Waals surface area contributed by atoms with Crippen LogP contribution in [0.3, 0.4) is 0 Å². The van der Waals surface area contributed by atoms with E-state index in [0.717, 1.165) is 0 Å². The molecule has 0 atom stereocenters. The molecule has 0 aromatic carbocycles. The lowest BCUT2D eigenvalue weighted by Gasteiger charge is -2.32. The van der Waals surface area contributed by atoms with Gasteiger partial charge in [-0.15, -0.1) is 0 Å². The standard InChI is InChI=1S/C13H17BFN3O2/c1-12(2)13(3,4)20-14(19-12)11(15)7-10-8-17-18(9-10)6-5-16/h7-9H,6H2,1-4H3. The second-order valence-electron chi connectivity index (χ2n) is 5.75. The molecule has 5 nitrogen and oxygen atoms in total. The van der Waals surface area contributed by atoms with E-state index in [1.165, 1.54) is 17.0 Å². The Labute approximate surface area is 118 Å². The van der Waals surface area contributed by atoms with Crippen molar-refractivity contribution in [1.29, 1.82) is 5.26 Å². The molecule has 20 heavy (non-hydrogen) atoms. The maximum atomic E-state index is 14.2. The van der Waals surface area contributed by atoms with Crippen molar-refractivity contribution < 1.29 is 13.7 Å². The average molecular weight is 277 g/mol. The van der Waals surface area contributed by atoms with Crippen LogP contribution in [0.2, 0.25) is 0 Å². The Hall–Kier alpha value is -1.65. The van der Waals surface area contributed by atoms with Crippen LogP contribution in [-0.2, 0) is 15.9 Å². The van der Waals surface area contributed by atoms with E-state index in [2.05, 4.69) is 5.10 Å². The summed E-state index contributed by atoms with van der Waals surface area (Å²) in [6.45, 7) is 7.60. The summed E-state index contributed by atoms with van der Waals surface area (Å²) in [7, 11) is -1.01. The SMILES string of the molecule is CC1(C)OB(C(F)=Cc2cnn(CC#N)c2)OC1(C)C. The molecule has 1 saturated heterocycles. The van der Waals surface area contributed by atoms with Gasteiger partial charge in [0.05, 0.1) is 23.5 Å². The van der Waals surface area contributed by atoms with Crippen LogP contribution in [0.4, 0.5) is 4.39 Å². The minimum atomic E-state index is -1.01. The van der Waals surface area contributed by atoms with Crippen LogP contribution >= 0.6 is 0 Å². The summed E-state index contributed by atoms with van der Waals surface area (Å²) in [6.07, 6.45) is 4.39. The molecule has 2 rings (SSSR count). The van der Waals surface area contributed by atoms with E-state index < -0.39 is 24.0 Å². The van der Waals surface area contributed by atoms with Crippen LogP contribution < -0.4 is 0 Å². The summed E-state index contributed by atoms with van der Waals surface area (Å²) < 4.78 is 26.8. The van der Waals surface area contributed by atoms with E-state index in [9.17, 15) is 4.39 Å². The maximum Gasteiger partial charge on any atom is 0.525 e. The minimum absolute atomic E-state index is 0.131. The van der Waals surface area contributed by atoms with Gasteiger partial charge in [-0.25, -0.2) is 4.39 Å². The van der Waals surface area contributed by atoms with Gasteiger partial charge in [0.1, 0.15) is 12.3 Å². The Morgan fingerprint density at radius 3 is 2.60 bits per heavy atom. The number of rotatable bonds is 3. The number of nitrogens with zero attached hydrogens (tertiary/aromatic N) is 3. The van der Waals surface area contributed by atoms with Gasteiger partial charge < -0.3 is 9.31 Å². The van der Waals surface area contributed by atoms with Crippen LogP contribution in [0.25, 0.3) is 6.08 Å². The van der Waals surface area contributed by atoms with E-state index in [-0.39, 0.29) is 6.54 Å². The number of hydrogen-bond acceptors (Lipinski definition) is 4. The molecular weight excluding hydrogens is 260 g/mol. The molecule has 1 aromatic heterocycles. The second-order valence-corrected chi connectivity index (χ2v) is 5.75. The van der Waals surface area contributed by atoms with Crippen molar-refractivity contribution in [2.45, 2.75) is 45.4 Å². The van der Waals surface area contributed by atoms with Crippen molar-refractivity contribution in [3.8, 4) is 6.07 Å². The quantitative estimate of drug-likeness (QED) is 0.796. The van der Waals surface area contributed by atoms with E-state index in [1.807, 2.05) is 33.8 Å². The van der Waals surface area contributed by atoms with Gasteiger partial charge in [0, 0.05) is 11.8 Å². The van der Waals surface area contributed by atoms with Crippen molar-refractivity contribution in [3.05, 3.63) is 23.7 Å². The monoisotopic (exact) mass is 277 g/mol. The Morgan fingerprint density at radius 1 is 1.45 bits per heavy atom. The molecule has 0 unspecified atom stereocenters. The molecule has 0 radical (unpaired) electrons. The summed E-state index contributed by atoms with van der Waals surface area (Å²) in [6, 6.07) is 1.96. The highest BCUT2D eigenvalue weighted by molar-refractivity contribution is 6.54. The predicted molar refractivity (Wildman–Crippen MR) is 73.0 cm³/mol. The first-order chi connectivity index (χ1) is 9.25. The van der Waals surface area contributed by atoms with E-state index in [4.69, 9.17) is 14.6 Å². The molecule has 1 aliphatic heterocycles. The fourth-order valence-electron chi connectivity index (χ4n) is 1.80. The van der Waals surface area contributed by atoms with E-state index >= 15 is 0 Å². The molecule has 7 heteroatoms. The molecular formula is C13H17BFN3O2. The molecule has 1 aromatic rings. The molecule has 106 valence electrons. The van der Waals surface area contributed by atoms with Crippen LogP contribution in [0.1, 0.15) is 33.3 Å². The largest absolute Gasteiger partial charge is 0.525 e. The fourth-order valence-corrected chi connectivity index (χ4v) is 1.80. The van der Waals surface area contributed by atoms with E-state index in [0.29, 0.717) is 5.56 Å². The number of nitriles is 1. The Kier molecular flexibility index (Phi) is 3.72. The van der Waals surface area contributed by atoms with Crippen molar-refractivity contribution in [2.24, 2.45) is 0 Å². The Bertz CT molecular complexity index is 558. The molecule has 1 fully saturated rings. The molecule has 0 amide bonds. The first kappa shape index (κ1) is 14.8. The third kappa shape index (κ3) is 2.76. The first-order valence-electron chi connectivity index (χ1n) is 6.37. The number of hydrogen-bond donors (Lipinski definition) is 0. The van der Waals surface area contributed by atoms with Gasteiger partial charge in [0.25, 0.3) is 0 Å². The molecule has 0 N–H and O–H groups in total. The van der Waals surface area contributed by atoms with Crippen LogP contribution in [0, 0.1) is 11.3 Å². The lowest BCUT2D eigenvalue weighted by Crippen LogP contribution is -2.41. The highest BCUT2D eigenvalue weighted by Crippen LogP contribution is 2.38. The summed E-state index contributed by atoms with van der Waals surface area (Å²) in [5.41, 5.74) is -1.10. The Balaban J connectivity index is 2.14. The van der Waals surface area contributed by atoms with Gasteiger partial charge >= 0.3 is 7.12 Å². The summed E-state index contributed by atoms with van der Waals surface area (Å²) in [5, 5.41) is 12.5. The summed E-state index contributed by atoms with van der Waals surface area (Å²) in [5.74, 6) is 0. The number of aromatic nitrogens is 2. The average Bonchev–Trinajstić information content (AvgIpc) is 2.83. The molecule has 0 saturated carbocycles. The molecule has 2 heterocycles. The first-order valence-corrected chi connectivity index (χ1v) is 6.37. The van der Waals surface area contributed by atoms with Gasteiger partial charge in [0.2, 0.25) is 0 Å². The van der Waals surface area contributed by atoms with Gasteiger partial charge in [-0.2, -0.15) is 10.4 Å². The molecule has 0 spiro atoms. The Morgan fingerprint density at radius 2 is 2.05 bits per heavy atom. The maximum absolute atomic E-state index is 14.2. The van der Waals surface area contributed by atoms with Gasteiger partial charge in [0.15, 0.2) is 0 Å². The van der Waals surface area contributed by atoms with Gasteiger partial charge in [-0.05, 0) is 33.8 Å².